The zero-order valence-electron chi connectivity index (χ0n) is 44.9. The van der Waals surface area contributed by atoms with Gasteiger partial charge in [-0.3, -0.25) is 14.7 Å². The van der Waals surface area contributed by atoms with Crippen molar-refractivity contribution in [1.29, 1.82) is 0 Å². The third-order valence-electron chi connectivity index (χ3n) is 15.9. The summed E-state index contributed by atoms with van der Waals surface area (Å²) < 4.78 is 71.5. The molecule has 22 heteroatoms. The Morgan fingerprint density at radius 3 is 2.23 bits per heavy atom. The van der Waals surface area contributed by atoms with Gasteiger partial charge in [-0.25, -0.2) is 13.6 Å². The molecule has 0 aliphatic carbocycles. The number of hydrogen-bond donors (Lipinski definition) is 7. The average molecular weight is 1040 g/mol. The number of amides is 1. The number of rotatable bonds is 13. The number of ether oxygens (including phenoxy) is 7. The highest BCUT2D eigenvalue weighted by atomic mass is 19.1. The van der Waals surface area contributed by atoms with Crippen molar-refractivity contribution in [3.63, 3.8) is 0 Å². The van der Waals surface area contributed by atoms with Crippen LogP contribution >= 0.6 is 0 Å². The highest BCUT2D eigenvalue weighted by molar-refractivity contribution is 5.89. The Morgan fingerprint density at radius 1 is 0.918 bits per heavy atom. The second kappa shape index (κ2) is 23.9. The first-order valence-corrected chi connectivity index (χ1v) is 25.8. The highest BCUT2D eigenvalue weighted by Gasteiger charge is 2.53. The molecule has 0 bridgehead atoms. The highest BCUT2D eigenvalue weighted by Crippen LogP contribution is 2.40. The molecule has 6 rings (SSSR count). The summed E-state index contributed by atoms with van der Waals surface area (Å²) in [5.74, 6) is -4.51. The van der Waals surface area contributed by atoms with Crippen LogP contribution in [0.15, 0.2) is 30.1 Å². The molecule has 5 heterocycles. The Balaban J connectivity index is 1.22. The Morgan fingerprint density at radius 2 is 1.59 bits per heavy atom. The van der Waals surface area contributed by atoms with E-state index >= 15 is 0 Å². The number of likely N-dealkylation sites (N-methyl/N-ethyl adjacent to an activating group) is 2. The number of halogens is 2. The van der Waals surface area contributed by atoms with Gasteiger partial charge in [0.25, 0.3) is 0 Å². The third kappa shape index (κ3) is 13.6. The lowest BCUT2D eigenvalue weighted by atomic mass is 9.77. The number of esters is 1. The van der Waals surface area contributed by atoms with Crippen molar-refractivity contribution in [3.8, 4) is 0 Å². The van der Waals surface area contributed by atoms with Gasteiger partial charge in [-0.2, -0.15) is 0 Å². The van der Waals surface area contributed by atoms with Gasteiger partial charge in [-0.1, -0.05) is 20.8 Å². The van der Waals surface area contributed by atoms with E-state index in [4.69, 9.17) is 33.2 Å². The van der Waals surface area contributed by atoms with Gasteiger partial charge >= 0.3 is 12.1 Å². The molecule has 0 radical (unpaired) electrons. The maximum Gasteiger partial charge on any atom is 0.414 e. The van der Waals surface area contributed by atoms with Crippen LogP contribution in [-0.2, 0) is 38.0 Å². The molecule has 7 N–H and O–H groups in total. The summed E-state index contributed by atoms with van der Waals surface area (Å²) in [5, 5.41) is 61.4. The molecule has 5 aliphatic heterocycles. The van der Waals surface area contributed by atoms with E-state index < -0.39 is 132 Å². The van der Waals surface area contributed by atoms with Crippen molar-refractivity contribution in [2.45, 2.75) is 198 Å². The summed E-state index contributed by atoms with van der Waals surface area (Å²) in [7, 11) is 5.19. The molecule has 1 aromatic carbocycles. The molecule has 1 aromatic rings. The molecule has 1 amide bonds. The van der Waals surface area contributed by atoms with Gasteiger partial charge in [-0.15, -0.1) is 5.53 Å². The summed E-state index contributed by atoms with van der Waals surface area (Å²) in [6.07, 6.45) is -8.49. The van der Waals surface area contributed by atoms with Crippen LogP contribution in [-0.4, -0.2) is 196 Å². The lowest BCUT2D eigenvalue weighted by Gasteiger charge is -2.49. The number of hydrogen-bond acceptors (Lipinski definition) is 19. The van der Waals surface area contributed by atoms with E-state index in [1.807, 2.05) is 43.9 Å². The smallest absolute Gasteiger partial charge is 0.414 e. The number of aliphatic hydroxyl groups excluding tert-OH is 3. The quantitative estimate of drug-likeness (QED) is 0.141. The van der Waals surface area contributed by atoms with Crippen molar-refractivity contribution in [3.05, 3.63) is 41.7 Å². The van der Waals surface area contributed by atoms with Gasteiger partial charge in [0.2, 0.25) is 0 Å². The van der Waals surface area contributed by atoms with Crippen LogP contribution in [0.25, 0.3) is 0 Å². The number of aliphatic hydroxyl groups is 5. The molecule has 5 aliphatic rings. The predicted octanol–water partition coefficient (Wildman–Crippen LogP) is 3.13. The van der Waals surface area contributed by atoms with E-state index in [2.05, 4.69) is 11.0 Å². The fourth-order valence-corrected chi connectivity index (χ4v) is 11.5. The normalized spacial score (nSPS) is 41.7. The van der Waals surface area contributed by atoms with E-state index in [9.17, 15) is 43.9 Å². The van der Waals surface area contributed by atoms with Crippen LogP contribution in [0.3, 0.4) is 0 Å². The molecule has 0 unspecified atom stereocenters. The number of cyclic esters (lactones) is 2. The predicted molar refractivity (Wildman–Crippen MR) is 263 cm³/mol. The minimum Gasteiger partial charge on any atom is -0.459 e. The minimum absolute atomic E-state index is 0.0641. The molecule has 4 saturated heterocycles. The van der Waals surface area contributed by atoms with Gasteiger partial charge < -0.3 is 73.9 Å². The average Bonchev–Trinajstić information content (AvgIpc) is 3.93. The van der Waals surface area contributed by atoms with E-state index in [-0.39, 0.29) is 44.0 Å². The first-order valence-electron chi connectivity index (χ1n) is 25.8. The Bertz CT molecular complexity index is 2040. The Kier molecular flexibility index (Phi) is 19.3. The SMILES string of the molecule is CC[C@H]1OC(=O)[C@H](C)[C@@H](O[C@H]2C[C@@](C)(OC)[C@@H](O)[C@H](C)O2)[C@H](C)[C@@H](O[C@@H]2O[C@H](C)C[C@H](N(C)CCC3=CN(C[C@H]4CN(c5cc(F)cc(F)c5)C(=O)O4)NN3)[C@H]2O)[C@](C)(O)C[C@@H](C)CN(C)[C@H](C)[C@@H](O)[C@]1(C)O. The topological polar surface area (TPSA) is 237 Å². The molecular formula is C51H84F2N6O14. The standard InChI is InChI=1S/C51H84F2N6O14/c1-14-39-51(10,66)43(61)31(6)57(12)23-27(2)21-49(8,65)45(29(4)42(30(5)46(63)71-39)72-40-22-50(9,67-13)44(62)32(7)69-40)73-47-41(60)38(17-28(3)68-47)56(11)16-15-35-24-58(55-54-35)25-37-26-59(48(64)70-37)36-19-33(52)18-34(53)20-36/h18-20,24,27-32,37-45,47,54-55,60-62,65-66H,14-17,21-23,25-26H2,1-13H3/t27-,28-,29+,30-,31-,32+,37+,38+,39-,40+,41-,42+,43-,44+,45-,47+,49-,50-,51-/m1/s1. The molecule has 19 atom stereocenters. The maximum absolute atomic E-state index is 14.5. The van der Waals surface area contributed by atoms with Crippen LogP contribution < -0.4 is 15.9 Å². The molecule has 0 spiro atoms. The summed E-state index contributed by atoms with van der Waals surface area (Å²) in [6.45, 7) is 18.5. The number of carbonyl (C=O) groups excluding carboxylic acids is 2. The van der Waals surface area contributed by atoms with Crippen LogP contribution in [0.1, 0.15) is 101 Å². The summed E-state index contributed by atoms with van der Waals surface area (Å²) in [5.41, 5.74) is 2.43. The Hall–Kier alpha value is -3.36. The fourth-order valence-electron chi connectivity index (χ4n) is 11.5. The number of nitrogens with zero attached hydrogens (tertiary/aromatic N) is 4. The number of carbonyl (C=O) groups is 2. The summed E-state index contributed by atoms with van der Waals surface area (Å²) in [6, 6.07) is 1.81. The van der Waals surface area contributed by atoms with Gasteiger partial charge in [-0.05, 0) is 99.9 Å². The number of anilines is 1. The van der Waals surface area contributed by atoms with Gasteiger partial charge in [0.1, 0.15) is 47.8 Å². The molecule has 73 heavy (non-hydrogen) atoms. The zero-order valence-corrected chi connectivity index (χ0v) is 44.9. The second-order valence-corrected chi connectivity index (χ2v) is 22.2. The minimum atomic E-state index is -1.86. The summed E-state index contributed by atoms with van der Waals surface area (Å²) >= 11 is 0. The van der Waals surface area contributed by atoms with Gasteiger partial charge in [0.05, 0.1) is 60.3 Å². The lowest BCUT2D eigenvalue weighted by Crippen LogP contribution is -2.61. The van der Waals surface area contributed by atoms with Crippen molar-refractivity contribution >= 4 is 17.7 Å². The third-order valence-corrected chi connectivity index (χ3v) is 15.9. The van der Waals surface area contributed by atoms with Gasteiger partial charge in [0, 0.05) is 69.0 Å². The van der Waals surface area contributed by atoms with Crippen LogP contribution in [0.5, 0.6) is 0 Å². The number of benzene rings is 1. The second-order valence-electron chi connectivity index (χ2n) is 22.2. The van der Waals surface area contributed by atoms with E-state index in [1.54, 1.807) is 53.5 Å². The summed E-state index contributed by atoms with van der Waals surface area (Å²) in [4.78, 5) is 32.2. The molecule has 20 nitrogen and oxygen atoms in total. The molecular weight excluding hydrogens is 959 g/mol. The van der Waals surface area contributed by atoms with Crippen LogP contribution in [0, 0.1) is 29.4 Å². The van der Waals surface area contributed by atoms with Gasteiger partial charge in [0.15, 0.2) is 12.6 Å². The van der Waals surface area contributed by atoms with Crippen molar-refractivity contribution in [2.75, 3.05) is 52.3 Å². The van der Waals surface area contributed by atoms with Crippen molar-refractivity contribution < 1.29 is 77.1 Å². The first-order chi connectivity index (χ1) is 34.1. The van der Waals surface area contributed by atoms with Crippen molar-refractivity contribution in [1.82, 2.24) is 25.8 Å². The largest absolute Gasteiger partial charge is 0.459 e. The Labute approximate surface area is 429 Å². The van der Waals surface area contributed by atoms with Crippen LogP contribution in [0.4, 0.5) is 19.3 Å². The zero-order chi connectivity index (χ0) is 54.1. The van der Waals surface area contributed by atoms with Crippen molar-refractivity contribution in [2.24, 2.45) is 17.8 Å². The van der Waals surface area contributed by atoms with Crippen LogP contribution in [0.2, 0.25) is 0 Å². The maximum atomic E-state index is 14.5. The molecule has 0 saturated carbocycles. The van der Waals surface area contributed by atoms with E-state index in [0.717, 1.165) is 23.9 Å². The van der Waals surface area contributed by atoms with E-state index in [1.165, 1.54) is 18.9 Å². The number of nitrogens with one attached hydrogen (secondary N) is 2. The fraction of sp³-hybridized carbons (Fsp3) is 0.804. The number of methoxy groups -OCH3 is 1. The monoisotopic (exact) mass is 1040 g/mol. The molecule has 0 aromatic heterocycles. The number of hydrazine groups is 2. The molecule has 416 valence electrons. The molecule has 4 fully saturated rings. The first kappa shape index (κ1) is 58.9. The lowest BCUT2D eigenvalue weighted by molar-refractivity contribution is -0.318. The van der Waals surface area contributed by atoms with E-state index in [0.29, 0.717) is 25.9 Å².